The number of morpholine rings is 1. The smallest absolute Gasteiger partial charge is 0.306 e. The summed E-state index contributed by atoms with van der Waals surface area (Å²) in [7, 11) is 1.43. The highest BCUT2D eigenvalue weighted by Crippen LogP contribution is 2.27. The van der Waals surface area contributed by atoms with Crippen molar-refractivity contribution in [1.82, 2.24) is 4.90 Å². The molecule has 1 heterocycles. The fraction of sp³-hybridized carbons (Fsp3) is 0.917. The highest BCUT2D eigenvalue weighted by Gasteiger charge is 2.37. The Hall–Kier alpha value is -0.610. The van der Waals surface area contributed by atoms with E-state index in [1.807, 2.05) is 0 Å². The Morgan fingerprint density at radius 2 is 1.75 bits per heavy atom. The molecule has 0 bridgehead atoms. The van der Waals surface area contributed by atoms with Gasteiger partial charge in [-0.25, -0.2) is 0 Å². The summed E-state index contributed by atoms with van der Waals surface area (Å²) in [5.41, 5.74) is -0.310. The van der Waals surface area contributed by atoms with Gasteiger partial charge in [0.2, 0.25) is 0 Å². The van der Waals surface area contributed by atoms with Crippen LogP contribution in [0.2, 0.25) is 0 Å². The van der Waals surface area contributed by atoms with Gasteiger partial charge in [-0.05, 0) is 27.7 Å². The average Bonchev–Trinajstić information content (AvgIpc) is 2.09. The number of hydrogen-bond donors (Lipinski definition) is 0. The van der Waals surface area contributed by atoms with Crippen molar-refractivity contribution in [3.8, 4) is 0 Å². The molecule has 0 N–H and O–H groups in total. The lowest BCUT2D eigenvalue weighted by atomic mass is 9.99. The Labute approximate surface area is 97.9 Å². The molecule has 0 aromatic rings. The Morgan fingerprint density at radius 1 is 1.25 bits per heavy atom. The monoisotopic (exact) mass is 229 g/mol. The summed E-state index contributed by atoms with van der Waals surface area (Å²) >= 11 is 0. The Balaban J connectivity index is 2.51. The number of rotatable bonds is 3. The maximum Gasteiger partial charge on any atom is 0.306 e. The summed E-state index contributed by atoms with van der Waals surface area (Å²) in [6.45, 7) is 10.8. The van der Waals surface area contributed by atoms with Gasteiger partial charge in [0.05, 0.1) is 24.7 Å². The van der Waals surface area contributed by atoms with Gasteiger partial charge in [0.1, 0.15) is 0 Å². The van der Waals surface area contributed by atoms with Crippen LogP contribution in [-0.4, -0.2) is 48.8 Å². The molecular weight excluding hydrogens is 206 g/mol. The SMILES string of the molecule is COC(=O)CCN1CC(C)(C)OC(C)(C)C1. The van der Waals surface area contributed by atoms with Gasteiger partial charge in [0, 0.05) is 19.6 Å². The van der Waals surface area contributed by atoms with Crippen molar-refractivity contribution in [3.05, 3.63) is 0 Å². The number of ether oxygens (including phenoxy) is 2. The predicted molar refractivity (Wildman–Crippen MR) is 62.3 cm³/mol. The van der Waals surface area contributed by atoms with Gasteiger partial charge < -0.3 is 9.47 Å². The zero-order valence-electron chi connectivity index (χ0n) is 11.0. The number of hydrogen-bond acceptors (Lipinski definition) is 4. The first-order valence-corrected chi connectivity index (χ1v) is 5.73. The maximum atomic E-state index is 11.1. The van der Waals surface area contributed by atoms with Crippen molar-refractivity contribution in [2.24, 2.45) is 0 Å². The molecule has 94 valence electrons. The van der Waals surface area contributed by atoms with E-state index < -0.39 is 0 Å². The fourth-order valence-corrected chi connectivity index (χ4v) is 2.45. The van der Waals surface area contributed by atoms with Gasteiger partial charge in [-0.3, -0.25) is 9.69 Å². The van der Waals surface area contributed by atoms with Crippen LogP contribution in [0.1, 0.15) is 34.1 Å². The third-order valence-corrected chi connectivity index (χ3v) is 2.62. The van der Waals surface area contributed by atoms with Crippen LogP contribution in [0.3, 0.4) is 0 Å². The first-order valence-electron chi connectivity index (χ1n) is 5.73. The van der Waals surface area contributed by atoms with Crippen molar-refractivity contribution in [1.29, 1.82) is 0 Å². The normalized spacial score (nSPS) is 24.1. The summed E-state index contributed by atoms with van der Waals surface area (Å²) < 4.78 is 10.6. The molecule has 0 aromatic carbocycles. The number of carbonyl (C=O) groups is 1. The van der Waals surface area contributed by atoms with Crippen molar-refractivity contribution >= 4 is 5.97 Å². The van der Waals surface area contributed by atoms with Crippen LogP contribution in [0, 0.1) is 0 Å². The molecule has 0 aliphatic carbocycles. The minimum atomic E-state index is -0.155. The van der Waals surface area contributed by atoms with Gasteiger partial charge >= 0.3 is 5.97 Å². The lowest BCUT2D eigenvalue weighted by Crippen LogP contribution is -2.57. The largest absolute Gasteiger partial charge is 0.469 e. The molecule has 0 radical (unpaired) electrons. The molecule has 0 unspecified atom stereocenters. The van der Waals surface area contributed by atoms with Crippen LogP contribution >= 0.6 is 0 Å². The topological polar surface area (TPSA) is 38.8 Å². The van der Waals surface area contributed by atoms with E-state index in [0.29, 0.717) is 6.42 Å². The van der Waals surface area contributed by atoms with Crippen molar-refractivity contribution in [2.45, 2.75) is 45.3 Å². The van der Waals surface area contributed by atoms with E-state index in [1.165, 1.54) is 7.11 Å². The second kappa shape index (κ2) is 4.72. The molecule has 0 saturated carbocycles. The number of methoxy groups -OCH3 is 1. The van der Waals surface area contributed by atoms with Gasteiger partial charge in [-0.1, -0.05) is 0 Å². The lowest BCUT2D eigenvalue weighted by molar-refractivity contribution is -0.181. The van der Waals surface area contributed by atoms with Gasteiger partial charge in [-0.2, -0.15) is 0 Å². The van der Waals surface area contributed by atoms with Crippen molar-refractivity contribution in [2.75, 3.05) is 26.7 Å². The molecule has 16 heavy (non-hydrogen) atoms. The second-order valence-corrected chi connectivity index (χ2v) is 5.66. The van der Waals surface area contributed by atoms with E-state index in [9.17, 15) is 4.79 Å². The van der Waals surface area contributed by atoms with E-state index >= 15 is 0 Å². The van der Waals surface area contributed by atoms with Crippen LogP contribution in [-0.2, 0) is 14.3 Å². The van der Waals surface area contributed by atoms with E-state index in [-0.39, 0.29) is 17.2 Å². The second-order valence-electron chi connectivity index (χ2n) is 5.66. The molecule has 0 aromatic heterocycles. The Morgan fingerprint density at radius 3 is 2.19 bits per heavy atom. The quantitative estimate of drug-likeness (QED) is 0.686. The fourth-order valence-electron chi connectivity index (χ4n) is 2.45. The molecule has 1 rings (SSSR count). The minimum Gasteiger partial charge on any atom is -0.469 e. The molecule has 4 heteroatoms. The molecular formula is C12H23NO3. The minimum absolute atomic E-state index is 0.151. The highest BCUT2D eigenvalue weighted by molar-refractivity contribution is 5.69. The third-order valence-electron chi connectivity index (χ3n) is 2.62. The molecule has 1 aliphatic heterocycles. The molecule has 1 aliphatic rings. The van der Waals surface area contributed by atoms with E-state index in [1.54, 1.807) is 0 Å². The Bertz CT molecular complexity index is 245. The summed E-state index contributed by atoms with van der Waals surface area (Å²) in [6, 6.07) is 0. The van der Waals surface area contributed by atoms with Crippen LogP contribution in [0.5, 0.6) is 0 Å². The standard InChI is InChI=1S/C12H23NO3/c1-11(2)8-13(7-6-10(14)15-5)9-12(3,4)16-11/h6-9H2,1-5H3. The third kappa shape index (κ3) is 4.10. The van der Waals surface area contributed by atoms with Crippen molar-refractivity contribution < 1.29 is 14.3 Å². The lowest BCUT2D eigenvalue weighted by Gasteiger charge is -2.47. The molecule has 1 fully saturated rings. The van der Waals surface area contributed by atoms with Gasteiger partial charge in [0.15, 0.2) is 0 Å². The number of carbonyl (C=O) groups excluding carboxylic acids is 1. The molecule has 0 spiro atoms. The molecule has 0 atom stereocenters. The molecule has 1 saturated heterocycles. The van der Waals surface area contributed by atoms with Gasteiger partial charge in [-0.15, -0.1) is 0 Å². The maximum absolute atomic E-state index is 11.1. The van der Waals surface area contributed by atoms with E-state index in [2.05, 4.69) is 37.3 Å². The summed E-state index contributed by atoms with van der Waals surface area (Å²) in [4.78, 5) is 13.4. The molecule has 0 amide bonds. The zero-order valence-corrected chi connectivity index (χ0v) is 11.0. The van der Waals surface area contributed by atoms with Crippen LogP contribution in [0.15, 0.2) is 0 Å². The highest BCUT2D eigenvalue weighted by atomic mass is 16.5. The van der Waals surface area contributed by atoms with Crippen LogP contribution < -0.4 is 0 Å². The number of esters is 1. The number of nitrogens with zero attached hydrogens (tertiary/aromatic N) is 1. The first-order chi connectivity index (χ1) is 7.24. The van der Waals surface area contributed by atoms with Crippen LogP contribution in [0.25, 0.3) is 0 Å². The zero-order chi connectivity index (χ0) is 12.4. The predicted octanol–water partition coefficient (Wildman–Crippen LogP) is 1.44. The molecule has 4 nitrogen and oxygen atoms in total. The van der Waals surface area contributed by atoms with Crippen molar-refractivity contribution in [3.63, 3.8) is 0 Å². The summed E-state index contributed by atoms with van der Waals surface area (Å²) in [6.07, 6.45) is 0.447. The first kappa shape index (κ1) is 13.5. The summed E-state index contributed by atoms with van der Waals surface area (Å²) in [5, 5.41) is 0. The Kier molecular flexibility index (Phi) is 3.97. The van der Waals surface area contributed by atoms with Gasteiger partial charge in [0.25, 0.3) is 0 Å². The summed E-state index contributed by atoms with van der Waals surface area (Å²) in [5.74, 6) is -0.151. The van der Waals surface area contributed by atoms with E-state index in [0.717, 1.165) is 19.6 Å². The van der Waals surface area contributed by atoms with Crippen LogP contribution in [0.4, 0.5) is 0 Å². The average molecular weight is 229 g/mol. The van der Waals surface area contributed by atoms with E-state index in [4.69, 9.17) is 4.74 Å².